The average Bonchev–Trinajstić information content (AvgIpc) is 2.65. The number of hydrogen-bond acceptors (Lipinski definition) is 3. The largest absolute Gasteiger partial charge is 0.466 e. The molecule has 0 bridgehead atoms. The third-order valence-electron chi connectivity index (χ3n) is 3.05. The summed E-state index contributed by atoms with van der Waals surface area (Å²) in [5, 5.41) is 12.6. The van der Waals surface area contributed by atoms with Gasteiger partial charge in [-0.1, -0.05) is 6.92 Å². The van der Waals surface area contributed by atoms with Crippen molar-refractivity contribution in [1.29, 1.82) is 0 Å². The maximum Gasteiger partial charge on any atom is 0.134 e. The number of furan rings is 1. The number of aliphatic hydroxyl groups is 1. The highest BCUT2D eigenvalue weighted by Crippen LogP contribution is 2.27. The van der Waals surface area contributed by atoms with Crippen molar-refractivity contribution >= 4 is 15.9 Å². The molecule has 0 aromatic carbocycles. The summed E-state index contributed by atoms with van der Waals surface area (Å²) in [6, 6.07) is 2.02. The van der Waals surface area contributed by atoms with Crippen LogP contribution < -0.4 is 5.32 Å². The standard InChI is InChI=1S/C12H20BrNO2/c1-4-12(3,6-7-15)14-9(2)11-10(13)5-8-16-11/h5,8-9,14-15H,4,6-7H2,1-3H3. The van der Waals surface area contributed by atoms with Gasteiger partial charge in [-0.2, -0.15) is 0 Å². The molecule has 0 aliphatic carbocycles. The Balaban J connectivity index is 2.69. The lowest BCUT2D eigenvalue weighted by Crippen LogP contribution is -2.43. The molecular weight excluding hydrogens is 270 g/mol. The van der Waals surface area contributed by atoms with E-state index in [9.17, 15) is 0 Å². The first-order valence-electron chi connectivity index (χ1n) is 5.64. The summed E-state index contributed by atoms with van der Waals surface area (Å²) < 4.78 is 6.40. The van der Waals surface area contributed by atoms with Gasteiger partial charge in [0.05, 0.1) is 16.8 Å². The lowest BCUT2D eigenvalue weighted by Gasteiger charge is -2.32. The third kappa shape index (κ3) is 3.34. The van der Waals surface area contributed by atoms with Crippen molar-refractivity contribution in [2.75, 3.05) is 6.61 Å². The molecule has 0 aliphatic rings. The van der Waals surface area contributed by atoms with Gasteiger partial charge in [-0.3, -0.25) is 0 Å². The monoisotopic (exact) mass is 289 g/mol. The van der Waals surface area contributed by atoms with Crippen LogP contribution in [0.4, 0.5) is 0 Å². The van der Waals surface area contributed by atoms with Crippen LogP contribution in [-0.2, 0) is 0 Å². The maximum atomic E-state index is 9.06. The third-order valence-corrected chi connectivity index (χ3v) is 3.70. The highest BCUT2D eigenvalue weighted by molar-refractivity contribution is 9.10. The lowest BCUT2D eigenvalue weighted by atomic mass is 9.93. The molecule has 2 atom stereocenters. The van der Waals surface area contributed by atoms with Gasteiger partial charge in [-0.05, 0) is 48.7 Å². The van der Waals surface area contributed by atoms with E-state index in [1.807, 2.05) is 6.07 Å². The fourth-order valence-corrected chi connectivity index (χ4v) is 2.35. The van der Waals surface area contributed by atoms with Crippen LogP contribution >= 0.6 is 15.9 Å². The zero-order valence-electron chi connectivity index (χ0n) is 10.1. The number of rotatable bonds is 6. The van der Waals surface area contributed by atoms with Gasteiger partial charge in [0.1, 0.15) is 5.76 Å². The summed E-state index contributed by atoms with van der Waals surface area (Å²) in [7, 11) is 0. The first kappa shape index (κ1) is 13.7. The predicted octanol–water partition coefficient (Wildman–Crippen LogP) is 3.24. The van der Waals surface area contributed by atoms with Crippen molar-refractivity contribution in [2.24, 2.45) is 0 Å². The summed E-state index contributed by atoms with van der Waals surface area (Å²) in [6.45, 7) is 6.50. The quantitative estimate of drug-likeness (QED) is 0.845. The van der Waals surface area contributed by atoms with Gasteiger partial charge in [-0.15, -0.1) is 0 Å². The van der Waals surface area contributed by atoms with Gasteiger partial charge in [0.15, 0.2) is 0 Å². The average molecular weight is 290 g/mol. The summed E-state index contributed by atoms with van der Waals surface area (Å²) >= 11 is 3.45. The number of halogens is 1. The molecular formula is C12H20BrNO2. The minimum atomic E-state index is -0.0552. The normalized spacial score (nSPS) is 17.1. The van der Waals surface area contributed by atoms with E-state index in [4.69, 9.17) is 9.52 Å². The van der Waals surface area contributed by atoms with Crippen molar-refractivity contribution in [3.8, 4) is 0 Å². The van der Waals surface area contributed by atoms with Crippen LogP contribution in [0, 0.1) is 0 Å². The molecule has 0 spiro atoms. The molecule has 0 amide bonds. The number of hydrogen-bond donors (Lipinski definition) is 2. The molecule has 0 saturated heterocycles. The Bertz CT molecular complexity index is 327. The van der Waals surface area contributed by atoms with Crippen molar-refractivity contribution in [1.82, 2.24) is 5.32 Å². The molecule has 0 saturated carbocycles. The zero-order valence-corrected chi connectivity index (χ0v) is 11.7. The van der Waals surface area contributed by atoms with E-state index >= 15 is 0 Å². The molecule has 2 unspecified atom stereocenters. The van der Waals surface area contributed by atoms with Crippen molar-refractivity contribution < 1.29 is 9.52 Å². The van der Waals surface area contributed by atoms with Gasteiger partial charge in [0, 0.05) is 12.1 Å². The number of nitrogens with one attached hydrogen (secondary N) is 1. The Kier molecular flexibility index (Phi) is 5.02. The van der Waals surface area contributed by atoms with Crippen LogP contribution in [0.1, 0.15) is 45.4 Å². The molecule has 1 aromatic heterocycles. The molecule has 1 rings (SSSR count). The summed E-state index contributed by atoms with van der Waals surface area (Å²) in [5.41, 5.74) is -0.0552. The first-order valence-corrected chi connectivity index (χ1v) is 6.43. The summed E-state index contributed by atoms with van der Waals surface area (Å²) in [4.78, 5) is 0. The van der Waals surface area contributed by atoms with Gasteiger partial charge in [0.2, 0.25) is 0 Å². The Morgan fingerprint density at radius 3 is 2.75 bits per heavy atom. The molecule has 4 heteroatoms. The van der Waals surface area contributed by atoms with Crippen LogP contribution in [0.25, 0.3) is 0 Å². The second-order valence-corrected chi connectivity index (χ2v) is 5.24. The van der Waals surface area contributed by atoms with Gasteiger partial charge in [0.25, 0.3) is 0 Å². The van der Waals surface area contributed by atoms with Crippen molar-refractivity contribution in [3.05, 3.63) is 22.6 Å². The van der Waals surface area contributed by atoms with Crippen molar-refractivity contribution in [2.45, 2.75) is 45.2 Å². The van der Waals surface area contributed by atoms with E-state index in [0.29, 0.717) is 0 Å². The lowest BCUT2D eigenvalue weighted by molar-refractivity contribution is 0.199. The predicted molar refractivity (Wildman–Crippen MR) is 68.4 cm³/mol. The zero-order chi connectivity index (χ0) is 12.2. The molecule has 2 N–H and O–H groups in total. The van der Waals surface area contributed by atoms with Gasteiger partial charge >= 0.3 is 0 Å². The van der Waals surface area contributed by atoms with Gasteiger partial charge in [-0.25, -0.2) is 0 Å². The van der Waals surface area contributed by atoms with Crippen LogP contribution in [0.3, 0.4) is 0 Å². The molecule has 16 heavy (non-hydrogen) atoms. The molecule has 0 fully saturated rings. The smallest absolute Gasteiger partial charge is 0.134 e. The molecule has 1 aromatic rings. The Morgan fingerprint density at radius 1 is 1.62 bits per heavy atom. The first-order chi connectivity index (χ1) is 7.52. The van der Waals surface area contributed by atoms with E-state index < -0.39 is 0 Å². The van der Waals surface area contributed by atoms with Crippen LogP contribution in [0.15, 0.2) is 21.2 Å². The van der Waals surface area contributed by atoms with E-state index in [1.165, 1.54) is 0 Å². The summed E-state index contributed by atoms with van der Waals surface area (Å²) in [6.07, 6.45) is 3.38. The Labute approximate surface area is 105 Å². The van der Waals surface area contributed by atoms with Gasteiger partial charge < -0.3 is 14.8 Å². The molecule has 1 heterocycles. The molecule has 0 aliphatic heterocycles. The second-order valence-electron chi connectivity index (χ2n) is 4.39. The summed E-state index contributed by atoms with van der Waals surface area (Å²) in [5.74, 6) is 0.901. The molecule has 92 valence electrons. The van der Waals surface area contributed by atoms with E-state index in [1.54, 1.807) is 6.26 Å². The van der Waals surface area contributed by atoms with Crippen LogP contribution in [-0.4, -0.2) is 17.3 Å². The van der Waals surface area contributed by atoms with Crippen LogP contribution in [0.2, 0.25) is 0 Å². The van der Waals surface area contributed by atoms with E-state index in [2.05, 4.69) is 42.0 Å². The second kappa shape index (κ2) is 5.84. The van der Waals surface area contributed by atoms with Crippen LogP contribution in [0.5, 0.6) is 0 Å². The fourth-order valence-electron chi connectivity index (χ4n) is 1.80. The maximum absolute atomic E-state index is 9.06. The minimum absolute atomic E-state index is 0.0552. The van der Waals surface area contributed by atoms with Crippen molar-refractivity contribution in [3.63, 3.8) is 0 Å². The fraction of sp³-hybridized carbons (Fsp3) is 0.667. The molecule has 3 nitrogen and oxygen atoms in total. The topological polar surface area (TPSA) is 45.4 Å². The van der Waals surface area contributed by atoms with E-state index in [-0.39, 0.29) is 18.2 Å². The highest BCUT2D eigenvalue weighted by atomic mass is 79.9. The SMILES string of the molecule is CCC(C)(CCO)NC(C)c1occc1Br. The number of aliphatic hydroxyl groups excluding tert-OH is 1. The Hall–Kier alpha value is -0.320. The Morgan fingerprint density at radius 2 is 2.31 bits per heavy atom. The van der Waals surface area contributed by atoms with E-state index in [0.717, 1.165) is 23.1 Å². The highest BCUT2D eigenvalue weighted by Gasteiger charge is 2.25. The minimum Gasteiger partial charge on any atom is -0.466 e. The molecule has 0 radical (unpaired) electrons.